The first-order valence-corrected chi connectivity index (χ1v) is 8.82. The summed E-state index contributed by atoms with van der Waals surface area (Å²) in [7, 11) is 0. The Labute approximate surface area is 147 Å². The SMILES string of the molecule is CC(=O)N1CCC2(CCN(c3ccc(C(N)=O)cn3)CC2)[C@H](CO)C1. The maximum absolute atomic E-state index is 11.6. The molecule has 7 heteroatoms. The molecule has 2 amide bonds. The fourth-order valence-electron chi connectivity index (χ4n) is 4.21. The number of aliphatic hydroxyl groups is 1. The van der Waals surface area contributed by atoms with Gasteiger partial charge in [-0.3, -0.25) is 9.59 Å². The summed E-state index contributed by atoms with van der Waals surface area (Å²) in [4.78, 5) is 31.2. The van der Waals surface area contributed by atoms with Crippen LogP contribution in [-0.2, 0) is 4.79 Å². The number of piperidine rings is 2. The lowest BCUT2D eigenvalue weighted by Crippen LogP contribution is -2.54. The first kappa shape index (κ1) is 17.7. The van der Waals surface area contributed by atoms with Crippen LogP contribution in [0.3, 0.4) is 0 Å². The molecule has 136 valence electrons. The molecule has 3 heterocycles. The summed E-state index contributed by atoms with van der Waals surface area (Å²) in [6, 6.07) is 3.54. The van der Waals surface area contributed by atoms with Crippen LogP contribution in [0.5, 0.6) is 0 Å². The number of amides is 2. The number of carbonyl (C=O) groups is 2. The highest BCUT2D eigenvalue weighted by Gasteiger charge is 2.45. The smallest absolute Gasteiger partial charge is 0.250 e. The quantitative estimate of drug-likeness (QED) is 0.836. The van der Waals surface area contributed by atoms with Crippen molar-refractivity contribution in [3.63, 3.8) is 0 Å². The molecular weight excluding hydrogens is 320 g/mol. The van der Waals surface area contributed by atoms with Crippen molar-refractivity contribution in [3.8, 4) is 0 Å². The molecule has 1 aromatic heterocycles. The second-order valence-electron chi connectivity index (χ2n) is 7.21. The van der Waals surface area contributed by atoms with Gasteiger partial charge in [0, 0.05) is 51.8 Å². The van der Waals surface area contributed by atoms with Crippen molar-refractivity contribution >= 4 is 17.6 Å². The predicted molar refractivity (Wildman–Crippen MR) is 94.1 cm³/mol. The Morgan fingerprint density at radius 1 is 1.28 bits per heavy atom. The molecule has 0 saturated carbocycles. The fourth-order valence-corrected chi connectivity index (χ4v) is 4.21. The fraction of sp³-hybridized carbons (Fsp3) is 0.611. The summed E-state index contributed by atoms with van der Waals surface area (Å²) < 4.78 is 0. The zero-order valence-electron chi connectivity index (χ0n) is 14.6. The van der Waals surface area contributed by atoms with Crippen LogP contribution in [0.2, 0.25) is 0 Å². The summed E-state index contributed by atoms with van der Waals surface area (Å²) in [5, 5.41) is 9.87. The molecule has 0 aromatic carbocycles. The number of anilines is 1. The Balaban J connectivity index is 1.66. The van der Waals surface area contributed by atoms with Gasteiger partial charge in [-0.15, -0.1) is 0 Å². The molecule has 3 rings (SSSR count). The lowest BCUT2D eigenvalue weighted by Gasteiger charge is -2.51. The largest absolute Gasteiger partial charge is 0.396 e. The van der Waals surface area contributed by atoms with E-state index in [1.54, 1.807) is 13.0 Å². The normalized spacial score (nSPS) is 22.9. The number of nitrogens with zero attached hydrogens (tertiary/aromatic N) is 3. The number of likely N-dealkylation sites (tertiary alicyclic amines) is 1. The molecule has 1 atom stereocenters. The van der Waals surface area contributed by atoms with Crippen molar-refractivity contribution < 1.29 is 14.7 Å². The zero-order chi connectivity index (χ0) is 18.0. The minimum atomic E-state index is -0.473. The van der Waals surface area contributed by atoms with E-state index in [2.05, 4.69) is 9.88 Å². The molecule has 7 nitrogen and oxygen atoms in total. The van der Waals surface area contributed by atoms with Crippen LogP contribution in [-0.4, -0.2) is 59.6 Å². The van der Waals surface area contributed by atoms with Crippen molar-refractivity contribution in [3.05, 3.63) is 23.9 Å². The molecule has 2 saturated heterocycles. The van der Waals surface area contributed by atoms with Crippen LogP contribution in [0.25, 0.3) is 0 Å². The van der Waals surface area contributed by atoms with Gasteiger partial charge in [0.2, 0.25) is 11.8 Å². The van der Waals surface area contributed by atoms with Gasteiger partial charge in [-0.05, 0) is 36.8 Å². The van der Waals surface area contributed by atoms with E-state index in [0.717, 1.165) is 44.7 Å². The third-order valence-electron chi connectivity index (χ3n) is 5.97. The van der Waals surface area contributed by atoms with Crippen molar-refractivity contribution in [2.45, 2.75) is 26.2 Å². The van der Waals surface area contributed by atoms with Crippen LogP contribution in [0, 0.1) is 11.3 Å². The highest BCUT2D eigenvalue weighted by Crippen LogP contribution is 2.45. The summed E-state index contributed by atoms with van der Waals surface area (Å²) in [6.45, 7) is 4.86. The topological polar surface area (TPSA) is 99.8 Å². The molecule has 25 heavy (non-hydrogen) atoms. The molecule has 0 aliphatic carbocycles. The summed E-state index contributed by atoms with van der Waals surface area (Å²) in [5.41, 5.74) is 5.77. The molecule has 0 bridgehead atoms. The molecule has 0 unspecified atom stereocenters. The van der Waals surface area contributed by atoms with Gasteiger partial charge in [0.05, 0.1) is 5.56 Å². The van der Waals surface area contributed by atoms with Crippen LogP contribution < -0.4 is 10.6 Å². The summed E-state index contributed by atoms with van der Waals surface area (Å²) in [5.74, 6) is 0.600. The Kier molecular flexibility index (Phi) is 4.94. The van der Waals surface area contributed by atoms with Gasteiger partial charge in [0.1, 0.15) is 5.82 Å². The Morgan fingerprint density at radius 3 is 2.48 bits per heavy atom. The number of hydrogen-bond acceptors (Lipinski definition) is 5. The van der Waals surface area contributed by atoms with Crippen molar-refractivity contribution in [2.75, 3.05) is 37.7 Å². The van der Waals surface area contributed by atoms with Gasteiger partial charge >= 0.3 is 0 Å². The van der Waals surface area contributed by atoms with E-state index in [0.29, 0.717) is 12.1 Å². The van der Waals surface area contributed by atoms with E-state index in [9.17, 15) is 14.7 Å². The molecule has 1 spiro atoms. The first-order valence-electron chi connectivity index (χ1n) is 8.82. The highest BCUT2D eigenvalue weighted by atomic mass is 16.3. The number of rotatable bonds is 3. The van der Waals surface area contributed by atoms with E-state index in [-0.39, 0.29) is 23.8 Å². The second kappa shape index (κ2) is 7.00. The number of aliphatic hydroxyl groups excluding tert-OH is 1. The van der Waals surface area contributed by atoms with Gasteiger partial charge < -0.3 is 20.6 Å². The van der Waals surface area contributed by atoms with E-state index >= 15 is 0 Å². The second-order valence-corrected chi connectivity index (χ2v) is 7.21. The van der Waals surface area contributed by atoms with E-state index in [4.69, 9.17) is 5.73 Å². The van der Waals surface area contributed by atoms with Crippen molar-refractivity contribution in [1.29, 1.82) is 0 Å². The van der Waals surface area contributed by atoms with Crippen molar-refractivity contribution in [2.24, 2.45) is 17.1 Å². The molecule has 0 radical (unpaired) electrons. The zero-order valence-corrected chi connectivity index (χ0v) is 14.6. The standard InChI is InChI=1S/C18H26N4O3/c1-13(24)22-9-6-18(15(11-22)12-23)4-7-21(8-5-18)16-3-2-14(10-20-16)17(19)25/h2-3,10,15,23H,4-9,11-12H2,1H3,(H2,19,25)/t15-/m0/s1. The van der Waals surface area contributed by atoms with Gasteiger partial charge in [-0.2, -0.15) is 0 Å². The minimum Gasteiger partial charge on any atom is -0.396 e. The van der Waals surface area contributed by atoms with E-state index in [1.807, 2.05) is 11.0 Å². The van der Waals surface area contributed by atoms with E-state index < -0.39 is 5.91 Å². The highest BCUT2D eigenvalue weighted by molar-refractivity contribution is 5.92. The maximum atomic E-state index is 11.6. The number of primary amides is 1. The predicted octanol–water partition coefficient (Wildman–Crippen LogP) is 0.628. The monoisotopic (exact) mass is 346 g/mol. The number of aromatic nitrogens is 1. The summed E-state index contributed by atoms with van der Waals surface area (Å²) >= 11 is 0. The molecule has 1 aromatic rings. The molecule has 2 aliphatic heterocycles. The third kappa shape index (κ3) is 3.46. The summed E-state index contributed by atoms with van der Waals surface area (Å²) in [6.07, 6.45) is 4.41. The number of carbonyl (C=O) groups excluding carboxylic acids is 2. The maximum Gasteiger partial charge on any atom is 0.250 e. The average molecular weight is 346 g/mol. The van der Waals surface area contributed by atoms with Gasteiger partial charge in [-0.1, -0.05) is 0 Å². The Bertz CT molecular complexity index is 638. The average Bonchev–Trinajstić information content (AvgIpc) is 2.62. The first-order chi connectivity index (χ1) is 11.9. The van der Waals surface area contributed by atoms with Crippen LogP contribution in [0.4, 0.5) is 5.82 Å². The van der Waals surface area contributed by atoms with Crippen LogP contribution >= 0.6 is 0 Å². The molecule has 2 aliphatic rings. The molecule has 2 fully saturated rings. The lowest BCUT2D eigenvalue weighted by atomic mass is 9.64. The van der Waals surface area contributed by atoms with Gasteiger partial charge in [-0.25, -0.2) is 4.98 Å². The van der Waals surface area contributed by atoms with Gasteiger partial charge in [0.15, 0.2) is 0 Å². The van der Waals surface area contributed by atoms with Crippen molar-refractivity contribution in [1.82, 2.24) is 9.88 Å². The van der Waals surface area contributed by atoms with Crippen LogP contribution in [0.15, 0.2) is 18.3 Å². The molecule has 3 N–H and O–H groups in total. The number of pyridine rings is 1. The number of nitrogens with two attached hydrogens (primary N) is 1. The van der Waals surface area contributed by atoms with Crippen LogP contribution in [0.1, 0.15) is 36.5 Å². The lowest BCUT2D eigenvalue weighted by molar-refractivity contribution is -0.134. The Morgan fingerprint density at radius 2 is 1.96 bits per heavy atom. The van der Waals surface area contributed by atoms with Gasteiger partial charge in [0.25, 0.3) is 0 Å². The number of hydrogen-bond donors (Lipinski definition) is 2. The Hall–Kier alpha value is -2.15. The van der Waals surface area contributed by atoms with E-state index in [1.165, 1.54) is 6.20 Å². The third-order valence-corrected chi connectivity index (χ3v) is 5.97. The minimum absolute atomic E-state index is 0.0875. The molecular formula is C18H26N4O3.